The van der Waals surface area contributed by atoms with Crippen LogP contribution in [0.1, 0.15) is 49.6 Å². The summed E-state index contributed by atoms with van der Waals surface area (Å²) in [6, 6.07) is 8.06. The standard InChI is InChI=1S/C22H25BrN4S/c1-4-22(2,3)15-7-10-18-17(11-15)19-20(24-13-25-21(19)28-18)27-26-12-14-5-8-16(23)9-6-14/h5-6,8-9,12-13,15H,4,7,10-11H2,1-3H3,(H,24,25,27)/b26-12+/t15-/m1/s1. The molecule has 0 saturated carbocycles. The third-order valence-corrected chi connectivity index (χ3v) is 7.84. The smallest absolute Gasteiger partial charge is 0.158 e. The topological polar surface area (TPSA) is 50.2 Å². The van der Waals surface area contributed by atoms with Crippen molar-refractivity contribution in [2.75, 3.05) is 5.43 Å². The van der Waals surface area contributed by atoms with Crippen LogP contribution in [0, 0.1) is 11.3 Å². The molecule has 0 fully saturated rings. The summed E-state index contributed by atoms with van der Waals surface area (Å²) in [6.45, 7) is 7.10. The lowest BCUT2D eigenvalue weighted by atomic mass is 9.69. The van der Waals surface area contributed by atoms with Crippen LogP contribution < -0.4 is 5.43 Å². The summed E-state index contributed by atoms with van der Waals surface area (Å²) < 4.78 is 1.06. The lowest BCUT2D eigenvalue weighted by Crippen LogP contribution is -2.28. The van der Waals surface area contributed by atoms with Crippen LogP contribution in [0.5, 0.6) is 0 Å². The van der Waals surface area contributed by atoms with E-state index in [2.05, 4.69) is 57.2 Å². The predicted molar refractivity (Wildman–Crippen MR) is 122 cm³/mol. The van der Waals surface area contributed by atoms with Gasteiger partial charge in [0, 0.05) is 9.35 Å². The number of benzene rings is 1. The number of thiophene rings is 1. The van der Waals surface area contributed by atoms with E-state index in [4.69, 9.17) is 0 Å². The van der Waals surface area contributed by atoms with Crippen molar-refractivity contribution in [1.29, 1.82) is 0 Å². The molecule has 0 saturated heterocycles. The Morgan fingerprint density at radius 1 is 1.29 bits per heavy atom. The second kappa shape index (κ2) is 7.91. The van der Waals surface area contributed by atoms with Gasteiger partial charge in [0.1, 0.15) is 11.2 Å². The number of halogens is 1. The number of hydrogen-bond donors (Lipinski definition) is 1. The highest BCUT2D eigenvalue weighted by molar-refractivity contribution is 9.10. The molecule has 4 nitrogen and oxygen atoms in total. The van der Waals surface area contributed by atoms with Gasteiger partial charge in [-0.1, -0.05) is 55.3 Å². The molecule has 1 aliphatic rings. The zero-order valence-corrected chi connectivity index (χ0v) is 18.9. The van der Waals surface area contributed by atoms with Crippen LogP contribution >= 0.6 is 27.3 Å². The average Bonchev–Trinajstić information content (AvgIpc) is 3.08. The van der Waals surface area contributed by atoms with E-state index in [0.717, 1.165) is 38.9 Å². The molecule has 0 aliphatic heterocycles. The van der Waals surface area contributed by atoms with Crippen LogP contribution in [0.25, 0.3) is 10.2 Å². The fourth-order valence-corrected chi connectivity index (χ4v) is 5.31. The molecule has 1 atom stereocenters. The lowest BCUT2D eigenvalue weighted by molar-refractivity contribution is 0.184. The van der Waals surface area contributed by atoms with Gasteiger partial charge in [-0.25, -0.2) is 9.97 Å². The molecule has 1 N–H and O–H groups in total. The predicted octanol–water partition coefficient (Wildman–Crippen LogP) is 6.44. The second-order valence-electron chi connectivity index (χ2n) is 8.11. The SMILES string of the molecule is CCC(C)(C)[C@@H]1CCc2sc3ncnc(N/N=C/c4ccc(Br)cc4)c3c2C1. The normalized spacial score (nSPS) is 17.2. The summed E-state index contributed by atoms with van der Waals surface area (Å²) in [7, 11) is 0. The number of hydrazone groups is 1. The highest BCUT2D eigenvalue weighted by Crippen LogP contribution is 2.45. The molecule has 0 amide bonds. The van der Waals surface area contributed by atoms with Gasteiger partial charge in [0.25, 0.3) is 0 Å². The number of fused-ring (bicyclic) bond motifs is 3. The van der Waals surface area contributed by atoms with Gasteiger partial charge < -0.3 is 0 Å². The Hall–Kier alpha value is -1.79. The van der Waals surface area contributed by atoms with Gasteiger partial charge in [0.05, 0.1) is 11.6 Å². The third-order valence-electron chi connectivity index (χ3n) is 6.11. The fraction of sp³-hybridized carbons (Fsp3) is 0.409. The van der Waals surface area contributed by atoms with Crippen LogP contribution in [-0.4, -0.2) is 16.2 Å². The summed E-state index contributed by atoms with van der Waals surface area (Å²) in [6.07, 6.45) is 8.17. The monoisotopic (exact) mass is 456 g/mol. The molecule has 3 aromatic rings. The first-order valence-electron chi connectivity index (χ1n) is 9.78. The second-order valence-corrected chi connectivity index (χ2v) is 10.1. The first kappa shape index (κ1) is 19.5. The van der Waals surface area contributed by atoms with E-state index in [1.54, 1.807) is 6.33 Å². The molecule has 2 heterocycles. The van der Waals surface area contributed by atoms with Gasteiger partial charge in [-0.2, -0.15) is 5.10 Å². The number of nitrogens with one attached hydrogen (secondary N) is 1. The Morgan fingerprint density at radius 2 is 2.07 bits per heavy atom. The highest BCUT2D eigenvalue weighted by Gasteiger charge is 2.33. The molecule has 0 spiro atoms. The first-order valence-corrected chi connectivity index (χ1v) is 11.4. The number of aromatic nitrogens is 2. The van der Waals surface area contributed by atoms with Crippen molar-refractivity contribution in [1.82, 2.24) is 9.97 Å². The van der Waals surface area contributed by atoms with Crippen molar-refractivity contribution < 1.29 is 0 Å². The Balaban J connectivity index is 1.63. The maximum absolute atomic E-state index is 4.54. The van der Waals surface area contributed by atoms with E-state index in [9.17, 15) is 0 Å². The minimum absolute atomic E-state index is 0.356. The molecule has 0 unspecified atom stereocenters. The number of anilines is 1. The average molecular weight is 457 g/mol. The van der Waals surface area contributed by atoms with Crippen LogP contribution in [0.4, 0.5) is 5.82 Å². The maximum atomic E-state index is 4.54. The van der Waals surface area contributed by atoms with Gasteiger partial charge in [0.2, 0.25) is 0 Å². The Kier molecular flexibility index (Phi) is 5.52. The zero-order valence-electron chi connectivity index (χ0n) is 16.5. The summed E-state index contributed by atoms with van der Waals surface area (Å²) >= 11 is 5.27. The van der Waals surface area contributed by atoms with E-state index >= 15 is 0 Å². The molecular weight excluding hydrogens is 432 g/mol. The van der Waals surface area contributed by atoms with Crippen LogP contribution in [0.15, 0.2) is 40.2 Å². The summed E-state index contributed by atoms with van der Waals surface area (Å²) in [5, 5.41) is 5.59. The summed E-state index contributed by atoms with van der Waals surface area (Å²) in [5.74, 6) is 1.51. The van der Waals surface area contributed by atoms with E-state index in [-0.39, 0.29) is 0 Å². The molecule has 1 aliphatic carbocycles. The number of hydrogen-bond acceptors (Lipinski definition) is 5. The number of rotatable bonds is 5. The quantitative estimate of drug-likeness (QED) is 0.354. The van der Waals surface area contributed by atoms with E-state index in [1.807, 2.05) is 41.8 Å². The molecular formula is C22H25BrN4S. The summed E-state index contributed by atoms with van der Waals surface area (Å²) in [4.78, 5) is 11.6. The summed E-state index contributed by atoms with van der Waals surface area (Å²) in [5.41, 5.74) is 5.99. The molecule has 4 rings (SSSR count). The van der Waals surface area contributed by atoms with Crippen molar-refractivity contribution >= 4 is 49.5 Å². The van der Waals surface area contributed by atoms with Crippen molar-refractivity contribution in [3.63, 3.8) is 0 Å². The molecule has 28 heavy (non-hydrogen) atoms. The van der Waals surface area contributed by atoms with Gasteiger partial charge in [-0.3, -0.25) is 5.43 Å². The minimum atomic E-state index is 0.356. The van der Waals surface area contributed by atoms with Crippen molar-refractivity contribution in [2.24, 2.45) is 16.4 Å². The molecule has 146 valence electrons. The molecule has 2 aromatic heterocycles. The third kappa shape index (κ3) is 3.85. The van der Waals surface area contributed by atoms with Gasteiger partial charge >= 0.3 is 0 Å². The molecule has 0 bridgehead atoms. The number of nitrogens with zero attached hydrogens (tertiary/aromatic N) is 3. The van der Waals surface area contributed by atoms with E-state index < -0.39 is 0 Å². The van der Waals surface area contributed by atoms with Gasteiger partial charge in [-0.05, 0) is 53.9 Å². The molecule has 1 aromatic carbocycles. The van der Waals surface area contributed by atoms with Gasteiger partial charge in [0.15, 0.2) is 5.82 Å². The lowest BCUT2D eigenvalue weighted by Gasteiger charge is -2.36. The molecule has 0 radical (unpaired) electrons. The van der Waals surface area contributed by atoms with Crippen LogP contribution in [0.2, 0.25) is 0 Å². The number of aryl methyl sites for hydroxylation is 1. The van der Waals surface area contributed by atoms with E-state index in [1.165, 1.54) is 23.3 Å². The Bertz CT molecular complexity index is 1010. The highest BCUT2D eigenvalue weighted by atomic mass is 79.9. The Labute approximate surface area is 178 Å². The first-order chi connectivity index (χ1) is 13.5. The van der Waals surface area contributed by atoms with Crippen LogP contribution in [0.3, 0.4) is 0 Å². The zero-order chi connectivity index (χ0) is 19.7. The largest absolute Gasteiger partial charge is 0.261 e. The maximum Gasteiger partial charge on any atom is 0.158 e. The fourth-order valence-electron chi connectivity index (χ4n) is 3.87. The van der Waals surface area contributed by atoms with Crippen molar-refractivity contribution in [2.45, 2.75) is 46.5 Å². The van der Waals surface area contributed by atoms with Crippen molar-refractivity contribution in [3.8, 4) is 0 Å². The van der Waals surface area contributed by atoms with E-state index in [0.29, 0.717) is 11.3 Å². The Morgan fingerprint density at radius 3 is 2.82 bits per heavy atom. The minimum Gasteiger partial charge on any atom is -0.261 e. The molecule has 6 heteroatoms. The van der Waals surface area contributed by atoms with Gasteiger partial charge in [-0.15, -0.1) is 11.3 Å². The van der Waals surface area contributed by atoms with Crippen LogP contribution in [-0.2, 0) is 12.8 Å². The van der Waals surface area contributed by atoms with Crippen molar-refractivity contribution in [3.05, 3.63) is 51.1 Å².